The van der Waals surface area contributed by atoms with E-state index in [2.05, 4.69) is 124 Å². The number of aryl methyl sites for hydroxylation is 2. The lowest BCUT2D eigenvalue weighted by Gasteiger charge is -2.14. The van der Waals surface area contributed by atoms with Gasteiger partial charge >= 0.3 is 0 Å². The van der Waals surface area contributed by atoms with Crippen LogP contribution < -0.4 is 0 Å². The molecule has 0 aromatic heterocycles. The monoisotopic (exact) mass is 661 g/mol. The average Bonchev–Trinajstić information content (AvgIpc) is 2.54. The fourth-order valence-electron chi connectivity index (χ4n) is 2.90. The van der Waals surface area contributed by atoms with E-state index in [1.807, 2.05) is 12.1 Å². The fraction of sp³-hybridized carbons (Fsp3) is 0.0952. The number of hydrogen-bond acceptors (Lipinski definition) is 1. The topological polar surface area (TPSA) is 23.8 Å². The number of rotatable bonds is 2. The van der Waals surface area contributed by atoms with Gasteiger partial charge in [-0.1, -0.05) is 29.8 Å². The van der Waals surface area contributed by atoms with Gasteiger partial charge < -0.3 is 0 Å². The zero-order chi connectivity index (χ0) is 18.1. The molecule has 0 N–H and O–H groups in total. The molecule has 25 heavy (non-hydrogen) atoms. The zero-order valence-corrected chi connectivity index (χ0v) is 20.2. The van der Waals surface area contributed by atoms with Crippen molar-refractivity contribution in [2.45, 2.75) is 13.8 Å². The maximum atomic E-state index is 9.14. The lowest BCUT2D eigenvalue weighted by molar-refractivity contribution is 1.38. The van der Waals surface area contributed by atoms with E-state index in [1.54, 1.807) is 0 Å². The molecule has 0 bridgehead atoms. The van der Waals surface area contributed by atoms with Crippen LogP contribution in [0.1, 0.15) is 16.7 Å². The third-order valence-electron chi connectivity index (χ3n) is 4.11. The molecule has 3 aromatic carbocycles. The molecule has 0 aliphatic carbocycles. The molecule has 3 rings (SSSR count). The van der Waals surface area contributed by atoms with Crippen molar-refractivity contribution in [2.75, 3.05) is 0 Å². The minimum absolute atomic E-state index is 0.723. The Hall–Kier alpha value is -0.660. The molecule has 0 aliphatic rings. The summed E-state index contributed by atoms with van der Waals surface area (Å²) in [6.07, 6.45) is 0. The normalized spacial score (nSPS) is 10.6. The van der Waals surface area contributed by atoms with E-state index < -0.39 is 0 Å². The molecule has 0 amide bonds. The van der Waals surface area contributed by atoms with Crippen LogP contribution >= 0.6 is 67.8 Å². The van der Waals surface area contributed by atoms with Gasteiger partial charge in [0.25, 0.3) is 0 Å². The van der Waals surface area contributed by atoms with E-state index in [9.17, 15) is 0 Å². The molecule has 1 nitrogen and oxygen atoms in total. The smallest absolute Gasteiger partial charge is 0.100 e. The van der Waals surface area contributed by atoms with Gasteiger partial charge in [-0.25, -0.2) is 0 Å². The van der Waals surface area contributed by atoms with Crippen LogP contribution in [0.5, 0.6) is 0 Å². The van der Waals surface area contributed by atoms with Gasteiger partial charge in [0.2, 0.25) is 0 Å². The Labute approximate surface area is 189 Å². The highest BCUT2D eigenvalue weighted by Gasteiger charge is 2.13. The Morgan fingerprint density at radius 2 is 1.40 bits per heavy atom. The second-order valence-electron chi connectivity index (χ2n) is 5.94. The maximum absolute atomic E-state index is 9.14. The average molecular weight is 661 g/mol. The third-order valence-corrected chi connectivity index (χ3v) is 6.71. The van der Waals surface area contributed by atoms with Crippen molar-refractivity contribution >= 4 is 67.8 Å². The largest absolute Gasteiger partial charge is 0.192 e. The van der Waals surface area contributed by atoms with Crippen molar-refractivity contribution < 1.29 is 0 Å². The van der Waals surface area contributed by atoms with Crippen molar-refractivity contribution in [3.63, 3.8) is 0 Å². The summed E-state index contributed by atoms with van der Waals surface area (Å²) in [5.41, 5.74) is 8.23. The Kier molecular flexibility index (Phi) is 6.06. The summed E-state index contributed by atoms with van der Waals surface area (Å²) in [5, 5.41) is 9.14. The molecule has 0 saturated carbocycles. The molecule has 3 aromatic rings. The van der Waals surface area contributed by atoms with E-state index in [1.165, 1.54) is 35.0 Å². The maximum Gasteiger partial charge on any atom is 0.100 e. The lowest BCUT2D eigenvalue weighted by atomic mass is 9.96. The second kappa shape index (κ2) is 7.92. The summed E-state index contributed by atoms with van der Waals surface area (Å²) in [6, 6.07) is 19.4. The third kappa shape index (κ3) is 4.03. The molecule has 0 radical (unpaired) electrons. The number of nitrogens with zero attached hydrogens (tertiary/aromatic N) is 1. The van der Waals surface area contributed by atoms with Crippen LogP contribution in [0.15, 0.2) is 48.5 Å². The molecule has 0 saturated heterocycles. The van der Waals surface area contributed by atoms with Gasteiger partial charge in [-0.3, -0.25) is 0 Å². The first-order valence-electron chi connectivity index (χ1n) is 7.67. The van der Waals surface area contributed by atoms with Crippen LogP contribution in [0.4, 0.5) is 0 Å². The number of nitriles is 1. The van der Waals surface area contributed by atoms with Gasteiger partial charge in [-0.2, -0.15) is 5.26 Å². The molecule has 0 atom stereocenters. The van der Waals surface area contributed by atoms with Gasteiger partial charge in [-0.15, -0.1) is 0 Å². The molecule has 0 fully saturated rings. The highest BCUT2D eigenvalue weighted by atomic mass is 127. The van der Waals surface area contributed by atoms with E-state index in [4.69, 9.17) is 5.26 Å². The van der Waals surface area contributed by atoms with Crippen LogP contribution in [-0.2, 0) is 0 Å². The predicted octanol–water partition coefficient (Wildman–Crippen LogP) is 7.32. The summed E-state index contributed by atoms with van der Waals surface area (Å²) in [4.78, 5) is 0. The lowest BCUT2D eigenvalue weighted by Crippen LogP contribution is -1.93. The first-order chi connectivity index (χ1) is 11.9. The van der Waals surface area contributed by atoms with Crippen LogP contribution in [0.2, 0.25) is 0 Å². The van der Waals surface area contributed by atoms with Crippen molar-refractivity contribution in [3.8, 4) is 28.3 Å². The van der Waals surface area contributed by atoms with Crippen molar-refractivity contribution in [2.24, 2.45) is 0 Å². The van der Waals surface area contributed by atoms with Gasteiger partial charge in [0.05, 0.1) is 5.56 Å². The van der Waals surface area contributed by atoms with Crippen molar-refractivity contribution in [1.82, 2.24) is 0 Å². The highest BCUT2D eigenvalue weighted by molar-refractivity contribution is 14.1. The SMILES string of the molecule is Cc1ccc(-c2cc(I)c(-c3ccc(C#N)c(I)c3)c(I)c2)c(C)c1. The van der Waals surface area contributed by atoms with E-state index in [-0.39, 0.29) is 0 Å². The first-order valence-corrected chi connectivity index (χ1v) is 10.9. The Morgan fingerprint density at radius 1 is 0.760 bits per heavy atom. The minimum Gasteiger partial charge on any atom is -0.192 e. The summed E-state index contributed by atoms with van der Waals surface area (Å²) in [7, 11) is 0. The number of hydrogen-bond donors (Lipinski definition) is 0. The molecule has 0 spiro atoms. The van der Waals surface area contributed by atoms with E-state index in [0.29, 0.717) is 0 Å². The summed E-state index contributed by atoms with van der Waals surface area (Å²) in [6.45, 7) is 4.29. The first kappa shape index (κ1) is 19.1. The minimum atomic E-state index is 0.723. The molecule has 4 heteroatoms. The quantitative estimate of drug-likeness (QED) is 0.264. The molecular weight excluding hydrogens is 647 g/mol. The van der Waals surface area contributed by atoms with Crippen LogP contribution in [0.25, 0.3) is 22.3 Å². The molecule has 0 heterocycles. The Bertz CT molecular complexity index is 993. The Balaban J connectivity index is 2.13. The van der Waals surface area contributed by atoms with Gasteiger partial charge in [0.1, 0.15) is 6.07 Å². The summed E-state index contributed by atoms with van der Waals surface area (Å²) in [5.74, 6) is 0. The second-order valence-corrected chi connectivity index (χ2v) is 9.43. The van der Waals surface area contributed by atoms with Crippen LogP contribution in [0.3, 0.4) is 0 Å². The van der Waals surface area contributed by atoms with Crippen molar-refractivity contribution in [1.29, 1.82) is 5.26 Å². The fourth-order valence-corrected chi connectivity index (χ4v) is 5.93. The molecule has 0 aliphatic heterocycles. The molecular formula is C21H14I3N. The van der Waals surface area contributed by atoms with Gasteiger partial charge in [0.15, 0.2) is 0 Å². The van der Waals surface area contributed by atoms with E-state index in [0.717, 1.165) is 14.7 Å². The highest BCUT2D eigenvalue weighted by Crippen LogP contribution is 2.36. The zero-order valence-electron chi connectivity index (χ0n) is 13.7. The summed E-state index contributed by atoms with van der Waals surface area (Å²) < 4.78 is 3.43. The van der Waals surface area contributed by atoms with Crippen LogP contribution in [-0.4, -0.2) is 0 Å². The van der Waals surface area contributed by atoms with Gasteiger partial charge in [-0.05, 0) is 128 Å². The molecule has 124 valence electrons. The van der Waals surface area contributed by atoms with Crippen molar-refractivity contribution in [3.05, 3.63) is 75.9 Å². The van der Waals surface area contributed by atoms with E-state index >= 15 is 0 Å². The number of benzene rings is 3. The molecule has 0 unspecified atom stereocenters. The summed E-state index contributed by atoms with van der Waals surface area (Å²) >= 11 is 7.07. The standard InChI is InChI=1S/C21H14I3N/c1-12-3-6-17(13(2)7-12)16-9-19(23)21(20(24)10-16)14-4-5-15(11-25)18(22)8-14/h3-10H,1-2H3. The van der Waals surface area contributed by atoms with Crippen LogP contribution in [0, 0.1) is 35.9 Å². The predicted molar refractivity (Wildman–Crippen MR) is 130 cm³/mol. The number of halogens is 3. The van der Waals surface area contributed by atoms with Gasteiger partial charge in [0, 0.05) is 16.3 Å². The Morgan fingerprint density at radius 3 is 1.96 bits per heavy atom.